The Kier molecular flexibility index (Phi) is 5.17. The lowest BCUT2D eigenvalue weighted by Crippen LogP contribution is -2.07. The Labute approximate surface area is 140 Å². The van der Waals surface area contributed by atoms with Gasteiger partial charge in [0.15, 0.2) is 0 Å². The smallest absolute Gasteiger partial charge is 0.206 e. The Morgan fingerprint density at radius 2 is 1.76 bits per heavy atom. The third-order valence-corrected chi connectivity index (χ3v) is 6.19. The van der Waals surface area contributed by atoms with Crippen molar-refractivity contribution in [1.82, 2.24) is 0 Å². The maximum absolute atomic E-state index is 12.9. The number of rotatable bonds is 4. The summed E-state index contributed by atoms with van der Waals surface area (Å²) >= 11 is 7.61. The van der Waals surface area contributed by atoms with Gasteiger partial charge < -0.3 is 0 Å². The molecule has 0 spiro atoms. The summed E-state index contributed by atoms with van der Waals surface area (Å²) in [5.74, 6) is 0.180. The summed E-state index contributed by atoms with van der Waals surface area (Å²) in [4.78, 5) is 1.30. The lowest BCUT2D eigenvalue weighted by atomic mass is 9.99. The van der Waals surface area contributed by atoms with E-state index >= 15 is 0 Å². The van der Waals surface area contributed by atoms with Gasteiger partial charge in [0.25, 0.3) is 0 Å². The van der Waals surface area contributed by atoms with Crippen molar-refractivity contribution in [3.8, 4) is 0 Å². The first-order valence-electron chi connectivity index (χ1n) is 6.69. The predicted molar refractivity (Wildman–Crippen MR) is 92.0 cm³/mol. The van der Waals surface area contributed by atoms with Gasteiger partial charge in [0.2, 0.25) is 9.84 Å². The molecule has 0 amide bonds. The summed E-state index contributed by atoms with van der Waals surface area (Å²) in [6.07, 6.45) is 0.884. The molecule has 0 heterocycles. The number of thiol groups is 1. The van der Waals surface area contributed by atoms with Crippen LogP contribution in [0.1, 0.15) is 31.7 Å². The van der Waals surface area contributed by atoms with Gasteiger partial charge in [-0.05, 0) is 54.3 Å². The van der Waals surface area contributed by atoms with E-state index in [1.54, 1.807) is 30.3 Å². The van der Waals surface area contributed by atoms with E-state index in [-0.39, 0.29) is 5.92 Å². The molecule has 2 rings (SSSR count). The summed E-state index contributed by atoms with van der Waals surface area (Å²) in [7, 11) is -3.53. The van der Waals surface area contributed by atoms with E-state index < -0.39 is 9.84 Å². The average Bonchev–Trinajstić information content (AvgIpc) is 2.47. The third kappa shape index (κ3) is 3.52. The van der Waals surface area contributed by atoms with Crippen LogP contribution >= 0.6 is 28.6 Å². The van der Waals surface area contributed by atoms with Gasteiger partial charge in [0, 0.05) is 9.37 Å². The molecule has 2 aromatic carbocycles. The highest BCUT2D eigenvalue weighted by Crippen LogP contribution is 2.32. The van der Waals surface area contributed by atoms with E-state index in [0.29, 0.717) is 14.7 Å². The lowest BCUT2D eigenvalue weighted by Gasteiger charge is -2.16. The SMILES string of the molecule is CCC(C)c1ccc(S)cc1S(=O)(=O)c1ccc(Br)cc1. The van der Waals surface area contributed by atoms with E-state index in [4.69, 9.17) is 0 Å². The second-order valence-corrected chi connectivity index (χ2v) is 8.34. The molecule has 0 aliphatic rings. The molecule has 0 N–H and O–H groups in total. The molecule has 5 heteroatoms. The van der Waals surface area contributed by atoms with Gasteiger partial charge in [-0.15, -0.1) is 12.6 Å². The number of benzene rings is 2. The zero-order valence-electron chi connectivity index (χ0n) is 11.9. The molecule has 2 nitrogen and oxygen atoms in total. The van der Waals surface area contributed by atoms with E-state index in [1.165, 1.54) is 0 Å². The van der Waals surface area contributed by atoms with Gasteiger partial charge in [-0.2, -0.15) is 0 Å². The Morgan fingerprint density at radius 1 is 1.14 bits per heavy atom. The minimum absolute atomic E-state index is 0.180. The second-order valence-electron chi connectivity index (χ2n) is 4.99. The molecular formula is C16H17BrO2S2. The minimum Gasteiger partial charge on any atom is -0.219 e. The molecule has 0 aromatic heterocycles. The Morgan fingerprint density at radius 3 is 2.33 bits per heavy atom. The topological polar surface area (TPSA) is 34.1 Å². The number of hydrogen-bond acceptors (Lipinski definition) is 3. The minimum atomic E-state index is -3.53. The van der Waals surface area contributed by atoms with Crippen molar-refractivity contribution in [2.24, 2.45) is 0 Å². The monoisotopic (exact) mass is 384 g/mol. The van der Waals surface area contributed by atoms with Crippen molar-refractivity contribution >= 4 is 38.4 Å². The Hall–Kier alpha value is -0.780. The fourth-order valence-electron chi connectivity index (χ4n) is 2.12. The molecule has 1 atom stereocenters. The van der Waals surface area contributed by atoms with Crippen LogP contribution in [-0.4, -0.2) is 8.42 Å². The van der Waals surface area contributed by atoms with Crippen LogP contribution in [0.3, 0.4) is 0 Å². The molecule has 0 bridgehead atoms. The van der Waals surface area contributed by atoms with Crippen LogP contribution < -0.4 is 0 Å². The van der Waals surface area contributed by atoms with Gasteiger partial charge in [-0.3, -0.25) is 0 Å². The number of sulfone groups is 1. The van der Waals surface area contributed by atoms with Crippen molar-refractivity contribution in [2.45, 2.75) is 40.9 Å². The van der Waals surface area contributed by atoms with Crippen LogP contribution in [0.5, 0.6) is 0 Å². The fraction of sp³-hybridized carbons (Fsp3) is 0.250. The maximum atomic E-state index is 12.9. The van der Waals surface area contributed by atoms with Crippen molar-refractivity contribution in [3.63, 3.8) is 0 Å². The van der Waals surface area contributed by atoms with Gasteiger partial charge in [0.05, 0.1) is 9.79 Å². The number of halogens is 1. The van der Waals surface area contributed by atoms with Gasteiger partial charge in [-0.25, -0.2) is 8.42 Å². The second kappa shape index (κ2) is 6.55. The summed E-state index contributed by atoms with van der Waals surface area (Å²) in [6.45, 7) is 4.09. The Balaban J connectivity index is 2.64. The fourth-order valence-corrected chi connectivity index (χ4v) is 4.29. The predicted octanol–water partition coefficient (Wildman–Crippen LogP) is 5.08. The van der Waals surface area contributed by atoms with Crippen molar-refractivity contribution in [3.05, 3.63) is 52.5 Å². The first kappa shape index (κ1) is 16.6. The molecule has 112 valence electrons. The van der Waals surface area contributed by atoms with E-state index in [9.17, 15) is 8.42 Å². The van der Waals surface area contributed by atoms with Crippen LogP contribution in [0.2, 0.25) is 0 Å². The molecule has 2 aromatic rings. The summed E-state index contributed by atoms with van der Waals surface area (Å²) in [6, 6.07) is 12.0. The zero-order valence-corrected chi connectivity index (χ0v) is 15.2. The van der Waals surface area contributed by atoms with E-state index in [1.807, 2.05) is 19.1 Å². The summed E-state index contributed by atoms with van der Waals surface area (Å²) < 4.78 is 26.6. The Bertz CT molecular complexity index is 737. The first-order chi connectivity index (χ1) is 9.86. The first-order valence-corrected chi connectivity index (χ1v) is 9.42. The van der Waals surface area contributed by atoms with Crippen LogP contribution in [0.15, 0.2) is 61.6 Å². The van der Waals surface area contributed by atoms with Crippen molar-refractivity contribution in [1.29, 1.82) is 0 Å². The third-order valence-electron chi connectivity index (χ3n) is 3.55. The quantitative estimate of drug-likeness (QED) is 0.745. The van der Waals surface area contributed by atoms with Crippen LogP contribution in [0.4, 0.5) is 0 Å². The van der Waals surface area contributed by atoms with Gasteiger partial charge >= 0.3 is 0 Å². The summed E-state index contributed by atoms with van der Waals surface area (Å²) in [5, 5.41) is 0. The zero-order chi connectivity index (χ0) is 15.6. The van der Waals surface area contributed by atoms with Gasteiger partial charge in [0.1, 0.15) is 0 Å². The van der Waals surface area contributed by atoms with Crippen molar-refractivity contribution < 1.29 is 8.42 Å². The molecule has 0 aliphatic heterocycles. The molecule has 0 saturated heterocycles. The van der Waals surface area contributed by atoms with Gasteiger partial charge in [-0.1, -0.05) is 35.8 Å². The molecular weight excluding hydrogens is 368 g/mol. The van der Waals surface area contributed by atoms with Crippen LogP contribution in [0, 0.1) is 0 Å². The molecule has 0 fully saturated rings. The molecule has 1 unspecified atom stereocenters. The highest BCUT2D eigenvalue weighted by molar-refractivity contribution is 9.10. The molecule has 21 heavy (non-hydrogen) atoms. The number of hydrogen-bond donors (Lipinski definition) is 1. The largest absolute Gasteiger partial charge is 0.219 e. The van der Waals surface area contributed by atoms with E-state index in [2.05, 4.69) is 35.5 Å². The normalized spacial score (nSPS) is 13.1. The van der Waals surface area contributed by atoms with Crippen LogP contribution in [0.25, 0.3) is 0 Å². The van der Waals surface area contributed by atoms with E-state index in [0.717, 1.165) is 16.5 Å². The van der Waals surface area contributed by atoms with Crippen molar-refractivity contribution in [2.75, 3.05) is 0 Å². The molecule has 0 aliphatic carbocycles. The molecule has 0 radical (unpaired) electrons. The van der Waals surface area contributed by atoms with Crippen LogP contribution in [-0.2, 0) is 9.84 Å². The maximum Gasteiger partial charge on any atom is 0.206 e. The standard InChI is InChI=1S/C16H17BrO2S2/c1-3-11(2)15-9-6-13(20)10-16(15)21(18,19)14-7-4-12(17)5-8-14/h4-11,20H,3H2,1-2H3. The highest BCUT2D eigenvalue weighted by Gasteiger charge is 2.23. The summed E-state index contributed by atoms with van der Waals surface area (Å²) in [5.41, 5.74) is 0.846. The highest BCUT2D eigenvalue weighted by atomic mass is 79.9. The lowest BCUT2D eigenvalue weighted by molar-refractivity contribution is 0.592. The average molecular weight is 385 g/mol. The molecule has 0 saturated carbocycles.